The van der Waals surface area contributed by atoms with E-state index in [1.54, 1.807) is 56.7 Å². The SMILES string of the molecule is COc1ccc(OC)c([C@H](C)NC(=O)c2ccc(CN(c3ccc(C)c(C)c3)S(C)(=O)=O)cc2)c1. The molecular weight excluding hydrogens is 464 g/mol. The summed E-state index contributed by atoms with van der Waals surface area (Å²) in [7, 11) is -0.335. The summed E-state index contributed by atoms with van der Waals surface area (Å²) in [6, 6.07) is 17.6. The number of benzene rings is 3. The van der Waals surface area contributed by atoms with E-state index in [0.29, 0.717) is 22.7 Å². The van der Waals surface area contributed by atoms with Gasteiger partial charge in [0.05, 0.1) is 38.7 Å². The van der Waals surface area contributed by atoms with Crippen molar-refractivity contribution >= 4 is 21.6 Å². The fourth-order valence-electron chi connectivity index (χ4n) is 3.74. The molecule has 0 radical (unpaired) electrons. The number of anilines is 1. The van der Waals surface area contributed by atoms with E-state index in [2.05, 4.69) is 5.32 Å². The number of rotatable bonds is 9. The van der Waals surface area contributed by atoms with E-state index < -0.39 is 10.0 Å². The van der Waals surface area contributed by atoms with Crippen molar-refractivity contribution in [3.8, 4) is 11.5 Å². The predicted molar refractivity (Wildman–Crippen MR) is 139 cm³/mol. The molecule has 1 atom stereocenters. The zero-order valence-electron chi connectivity index (χ0n) is 21.0. The number of aryl methyl sites for hydroxylation is 2. The van der Waals surface area contributed by atoms with Crippen molar-refractivity contribution in [1.82, 2.24) is 5.32 Å². The second kappa shape index (κ2) is 10.8. The lowest BCUT2D eigenvalue weighted by Crippen LogP contribution is -2.29. The van der Waals surface area contributed by atoms with Crippen LogP contribution < -0.4 is 19.1 Å². The van der Waals surface area contributed by atoms with E-state index in [0.717, 1.165) is 22.3 Å². The molecule has 3 rings (SSSR count). The molecule has 0 aliphatic carbocycles. The Hall–Kier alpha value is -3.52. The topological polar surface area (TPSA) is 84.9 Å². The van der Waals surface area contributed by atoms with Crippen LogP contribution in [0.1, 0.15) is 45.6 Å². The van der Waals surface area contributed by atoms with Crippen LogP contribution >= 0.6 is 0 Å². The summed E-state index contributed by atoms with van der Waals surface area (Å²) in [5.74, 6) is 1.08. The summed E-state index contributed by atoms with van der Waals surface area (Å²) in [5.41, 5.74) is 4.77. The molecule has 0 aromatic heterocycles. The first-order valence-electron chi connectivity index (χ1n) is 11.2. The van der Waals surface area contributed by atoms with Crippen molar-refractivity contribution in [2.24, 2.45) is 0 Å². The molecule has 0 spiro atoms. The zero-order valence-corrected chi connectivity index (χ0v) is 21.8. The van der Waals surface area contributed by atoms with Crippen LogP contribution in [-0.4, -0.2) is 34.8 Å². The minimum Gasteiger partial charge on any atom is -0.497 e. The fraction of sp³-hybridized carbons (Fsp3) is 0.296. The van der Waals surface area contributed by atoms with Crippen LogP contribution in [0.2, 0.25) is 0 Å². The van der Waals surface area contributed by atoms with Crippen LogP contribution in [0.3, 0.4) is 0 Å². The van der Waals surface area contributed by atoms with Gasteiger partial charge in [-0.2, -0.15) is 0 Å². The van der Waals surface area contributed by atoms with Crippen molar-refractivity contribution in [3.05, 3.63) is 88.5 Å². The van der Waals surface area contributed by atoms with Gasteiger partial charge in [-0.05, 0) is 79.9 Å². The second-order valence-corrected chi connectivity index (χ2v) is 10.4. The monoisotopic (exact) mass is 496 g/mol. The predicted octanol–water partition coefficient (Wildman–Crippen LogP) is 4.78. The Morgan fingerprint density at radius 1 is 0.943 bits per heavy atom. The van der Waals surface area contributed by atoms with E-state index in [1.807, 2.05) is 39.0 Å². The molecule has 0 saturated heterocycles. The lowest BCUT2D eigenvalue weighted by molar-refractivity contribution is 0.0939. The number of hydrogen-bond acceptors (Lipinski definition) is 5. The molecule has 0 saturated carbocycles. The van der Waals surface area contributed by atoms with Crippen LogP contribution in [0.25, 0.3) is 0 Å². The molecule has 1 N–H and O–H groups in total. The van der Waals surface area contributed by atoms with Gasteiger partial charge in [0, 0.05) is 11.1 Å². The Kier molecular flexibility index (Phi) is 8.07. The average molecular weight is 497 g/mol. The maximum atomic E-state index is 12.9. The van der Waals surface area contributed by atoms with Gasteiger partial charge < -0.3 is 14.8 Å². The number of carbonyl (C=O) groups is 1. The first-order valence-corrected chi connectivity index (χ1v) is 13.0. The molecule has 0 fully saturated rings. The molecule has 3 aromatic carbocycles. The number of carbonyl (C=O) groups excluding carboxylic acids is 1. The highest BCUT2D eigenvalue weighted by molar-refractivity contribution is 7.92. The highest BCUT2D eigenvalue weighted by Gasteiger charge is 2.20. The number of ether oxygens (including phenoxy) is 2. The molecule has 1 amide bonds. The molecule has 8 heteroatoms. The number of nitrogens with one attached hydrogen (secondary N) is 1. The van der Waals surface area contributed by atoms with Gasteiger partial charge in [-0.15, -0.1) is 0 Å². The second-order valence-electron chi connectivity index (χ2n) is 8.54. The van der Waals surface area contributed by atoms with Crippen molar-refractivity contribution in [1.29, 1.82) is 0 Å². The van der Waals surface area contributed by atoms with Crippen LogP contribution in [-0.2, 0) is 16.6 Å². The summed E-state index contributed by atoms with van der Waals surface area (Å²) < 4.78 is 37.1. The lowest BCUT2D eigenvalue weighted by Gasteiger charge is -2.23. The Morgan fingerprint density at radius 3 is 2.20 bits per heavy atom. The maximum absolute atomic E-state index is 12.9. The van der Waals surface area contributed by atoms with Gasteiger partial charge in [0.25, 0.3) is 5.91 Å². The van der Waals surface area contributed by atoms with Crippen molar-refractivity contribution < 1.29 is 22.7 Å². The van der Waals surface area contributed by atoms with Crippen LogP contribution in [0, 0.1) is 13.8 Å². The third kappa shape index (κ3) is 6.33. The van der Waals surface area contributed by atoms with Crippen LogP contribution in [0.4, 0.5) is 5.69 Å². The first kappa shape index (κ1) is 26.1. The zero-order chi connectivity index (χ0) is 25.8. The maximum Gasteiger partial charge on any atom is 0.251 e. The normalized spacial score (nSPS) is 12.1. The molecule has 186 valence electrons. The highest BCUT2D eigenvalue weighted by Crippen LogP contribution is 2.29. The highest BCUT2D eigenvalue weighted by atomic mass is 32.2. The molecule has 0 heterocycles. The number of nitrogens with zero attached hydrogens (tertiary/aromatic N) is 1. The smallest absolute Gasteiger partial charge is 0.251 e. The van der Waals surface area contributed by atoms with E-state index in [4.69, 9.17) is 9.47 Å². The van der Waals surface area contributed by atoms with E-state index in [9.17, 15) is 13.2 Å². The number of amides is 1. The van der Waals surface area contributed by atoms with Crippen molar-refractivity contribution in [2.45, 2.75) is 33.4 Å². The molecule has 3 aromatic rings. The largest absolute Gasteiger partial charge is 0.497 e. The Morgan fingerprint density at radius 2 is 1.63 bits per heavy atom. The summed E-state index contributed by atoms with van der Waals surface area (Å²) in [6.45, 7) is 5.98. The lowest BCUT2D eigenvalue weighted by atomic mass is 10.1. The van der Waals surface area contributed by atoms with E-state index >= 15 is 0 Å². The fourth-order valence-corrected chi connectivity index (χ4v) is 4.62. The summed E-state index contributed by atoms with van der Waals surface area (Å²) in [5, 5.41) is 2.98. The quantitative estimate of drug-likeness (QED) is 0.461. The van der Waals surface area contributed by atoms with Crippen LogP contribution in [0.15, 0.2) is 60.7 Å². The minimum absolute atomic E-state index is 0.167. The van der Waals surface area contributed by atoms with Gasteiger partial charge in [0.2, 0.25) is 10.0 Å². The molecule has 0 aliphatic heterocycles. The van der Waals surface area contributed by atoms with Crippen molar-refractivity contribution in [3.63, 3.8) is 0 Å². The molecule has 35 heavy (non-hydrogen) atoms. The van der Waals surface area contributed by atoms with Gasteiger partial charge in [-0.25, -0.2) is 8.42 Å². The van der Waals surface area contributed by atoms with E-state index in [1.165, 1.54) is 10.6 Å². The van der Waals surface area contributed by atoms with Gasteiger partial charge in [-0.1, -0.05) is 18.2 Å². The molecular formula is C27H32N2O5S. The molecule has 0 aliphatic rings. The average Bonchev–Trinajstić information content (AvgIpc) is 2.83. The van der Waals surface area contributed by atoms with Gasteiger partial charge in [-0.3, -0.25) is 9.10 Å². The third-order valence-electron chi connectivity index (χ3n) is 5.97. The number of sulfonamides is 1. The Bertz CT molecular complexity index is 1300. The molecule has 0 unspecified atom stereocenters. The van der Waals surface area contributed by atoms with Crippen LogP contribution in [0.5, 0.6) is 11.5 Å². The van der Waals surface area contributed by atoms with Gasteiger partial charge in [0.1, 0.15) is 11.5 Å². The Balaban J connectivity index is 1.76. The Labute approximate surface area is 207 Å². The number of methoxy groups -OCH3 is 2. The summed E-state index contributed by atoms with van der Waals surface area (Å²) in [6.07, 6.45) is 1.19. The summed E-state index contributed by atoms with van der Waals surface area (Å²) >= 11 is 0. The number of hydrogen-bond donors (Lipinski definition) is 1. The van der Waals surface area contributed by atoms with Gasteiger partial charge in [0.15, 0.2) is 0 Å². The third-order valence-corrected chi connectivity index (χ3v) is 7.11. The summed E-state index contributed by atoms with van der Waals surface area (Å²) in [4.78, 5) is 12.9. The molecule has 0 bridgehead atoms. The van der Waals surface area contributed by atoms with Crippen molar-refractivity contribution in [2.75, 3.05) is 24.8 Å². The van der Waals surface area contributed by atoms with E-state index in [-0.39, 0.29) is 18.5 Å². The minimum atomic E-state index is -3.50. The van der Waals surface area contributed by atoms with Gasteiger partial charge >= 0.3 is 0 Å². The standard InChI is InChI=1S/C27H32N2O5S/c1-18-7-12-23(15-19(18)2)29(35(6,31)32)17-21-8-10-22(11-9-21)27(30)28-20(3)25-16-24(33-4)13-14-26(25)34-5/h7-16,20H,17H2,1-6H3,(H,28,30)/t20-/m0/s1. The molecule has 7 nitrogen and oxygen atoms in total. The first-order chi connectivity index (χ1) is 16.5.